The highest BCUT2D eigenvalue weighted by atomic mass is 79.9. The van der Waals surface area contributed by atoms with Crippen LogP contribution in [-0.4, -0.2) is 120 Å². The van der Waals surface area contributed by atoms with Crippen LogP contribution in [0.5, 0.6) is 0 Å². The van der Waals surface area contributed by atoms with Gasteiger partial charge < -0.3 is 52.7 Å². The number of anilines is 6. The molecule has 14 N–H and O–H groups in total. The number of nitrogens with two attached hydrogens (primary N) is 3. The van der Waals surface area contributed by atoms with Crippen LogP contribution in [0.25, 0.3) is 52.6 Å². The van der Waals surface area contributed by atoms with E-state index in [2.05, 4.69) is 103 Å². The Kier molecular flexibility index (Phi) is 41.7. The lowest BCUT2D eigenvalue weighted by molar-refractivity contribution is -0.146. The summed E-state index contributed by atoms with van der Waals surface area (Å²) in [6.07, 6.45) is 6.69. The molecule has 3 amide bonds. The third-order valence-electron chi connectivity index (χ3n) is 14.5. The van der Waals surface area contributed by atoms with Gasteiger partial charge in [0, 0.05) is 123 Å². The summed E-state index contributed by atoms with van der Waals surface area (Å²) in [6, 6.07) is 43.4. The fourth-order valence-electron chi connectivity index (χ4n) is 10.2. The number of aromatic nitrogens is 4. The molecule has 0 spiro atoms. The number of hydrogen-bond acceptors (Lipinski definition) is 26. The largest absolute Gasteiger partial charge is 0.488 e. The molecule has 4 aromatic heterocycles. The molecule has 0 aliphatic carbocycles. The Morgan fingerprint density at radius 1 is 0.472 bits per heavy atom. The number of nitrogen functional groups attached to an aromatic ring is 3. The van der Waals surface area contributed by atoms with E-state index in [1.807, 2.05) is 66.7 Å². The number of thiazole rings is 4. The standard InChI is InChI=1S/C26H31N3O5S2.C21H24N4O3S2.C13H20N2O3S.C9H7BrN2S.C6H8BNO2.C4H7ClO2.C3HBr2NS.CH4/c1-16(2)34-24(31)13-18-8-7-9-19(12-18)25-27-15-22(35-25)21-11-10-20(28-17(3)30)14-23(21)36(32,33)29-26(4,5)6;1-13(26)24-16-8-9-17(19(11-16)30(27,28)25-21(2,3)4)18-12-23-20(29-18)14-6-5-7-15(22)10-14;1-9-6-7-11(14-10(2)16)8-12(9)19(17,18)15-13(3,4)5;10-8-5-12-9(13-8)6-2-1-3-7(11)4-6;8-6-3-1-2-5(4-6)7(9)10;1-3(2)7-4(5)6;4-2-1-6-3(5)7-2;/h7-12,14-16,29H,13H2,1-6H3,(H,28,30);5-12,25H,22H2,1-4H3,(H,24,26);6-8,15H,1-5H3,(H,14,16);1-5H,11H2;1-4,9-10H,8H2;3H,1-2H3;1H;1H4. The number of rotatable bonds is 19. The molecule has 11 rings (SSSR count). The molecule has 7 aromatic carbocycles. The van der Waals surface area contributed by atoms with Crippen molar-refractivity contribution in [1.82, 2.24) is 34.1 Å². The number of carbonyl (C=O) groups is 5. The second-order valence-electron chi connectivity index (χ2n) is 30.1. The van der Waals surface area contributed by atoms with E-state index in [0.717, 1.165) is 49.4 Å². The normalized spacial score (nSPS) is 11.2. The van der Waals surface area contributed by atoms with Crippen LogP contribution in [-0.2, 0) is 65.1 Å². The number of carbonyl (C=O) groups excluding carboxylic acids is 5. The smallest absolute Gasteiger partial charge is 0.463 e. The third-order valence-corrected chi connectivity index (χ3v) is 25.7. The molecule has 40 heteroatoms. The Hall–Kier alpha value is -8.75. The molecule has 662 valence electrons. The lowest BCUT2D eigenvalue weighted by Crippen LogP contribution is -2.40. The quantitative estimate of drug-likeness (QED) is 0.0155. The molecule has 0 aliphatic heterocycles. The maximum absolute atomic E-state index is 13.3. The van der Waals surface area contributed by atoms with Gasteiger partial charge in [-0.2, -0.15) is 0 Å². The zero-order chi connectivity index (χ0) is 91.6. The molecular formula is C83H102BBr3ClN13O15S7. The van der Waals surface area contributed by atoms with Crippen molar-refractivity contribution in [2.45, 2.75) is 175 Å². The monoisotopic (exact) mass is 2030 g/mol. The van der Waals surface area contributed by atoms with Gasteiger partial charge in [-0.15, -0.1) is 45.3 Å². The van der Waals surface area contributed by atoms with E-state index >= 15 is 0 Å². The lowest BCUT2D eigenvalue weighted by atomic mass is 9.80. The van der Waals surface area contributed by atoms with E-state index in [1.165, 1.54) is 67.7 Å². The predicted octanol–water partition coefficient (Wildman–Crippen LogP) is 18.3. The second kappa shape index (κ2) is 48.1. The van der Waals surface area contributed by atoms with E-state index in [-0.39, 0.29) is 64.4 Å². The summed E-state index contributed by atoms with van der Waals surface area (Å²) in [6.45, 7) is 28.8. The van der Waals surface area contributed by atoms with Crippen molar-refractivity contribution in [2.24, 2.45) is 0 Å². The summed E-state index contributed by atoms with van der Waals surface area (Å²) in [5.41, 5.74) is 23.0. The second-order valence-corrected chi connectivity index (χ2v) is 43.5. The number of esters is 1. The number of benzene rings is 7. The zero-order valence-corrected chi connectivity index (χ0v) is 81.0. The minimum atomic E-state index is -3.91. The van der Waals surface area contributed by atoms with Crippen molar-refractivity contribution in [3.63, 3.8) is 0 Å². The van der Waals surface area contributed by atoms with Crippen LogP contribution in [0.4, 0.5) is 38.9 Å². The maximum atomic E-state index is 13.3. The Morgan fingerprint density at radius 3 is 1.15 bits per heavy atom. The molecule has 28 nitrogen and oxygen atoms in total. The van der Waals surface area contributed by atoms with Gasteiger partial charge in [0.05, 0.1) is 63.0 Å². The summed E-state index contributed by atoms with van der Waals surface area (Å²) in [5.74, 6) is -1.12. The highest BCUT2D eigenvalue weighted by Crippen LogP contribution is 2.40. The van der Waals surface area contributed by atoms with Gasteiger partial charge in [-0.1, -0.05) is 80.2 Å². The summed E-state index contributed by atoms with van der Waals surface area (Å²) >= 11 is 20.5. The van der Waals surface area contributed by atoms with E-state index in [0.29, 0.717) is 65.4 Å². The highest BCUT2D eigenvalue weighted by Gasteiger charge is 2.30. The number of nitrogens with one attached hydrogen (secondary N) is 6. The van der Waals surface area contributed by atoms with E-state index in [1.54, 1.807) is 205 Å². The number of hydrogen-bond donors (Lipinski definition) is 11. The van der Waals surface area contributed by atoms with Gasteiger partial charge >= 0.3 is 18.5 Å². The molecule has 0 saturated carbocycles. The molecule has 123 heavy (non-hydrogen) atoms. The Morgan fingerprint density at radius 2 is 0.829 bits per heavy atom. The number of halogens is 4. The minimum absolute atomic E-state index is 0. The summed E-state index contributed by atoms with van der Waals surface area (Å²) in [7, 11) is -12.8. The van der Waals surface area contributed by atoms with Crippen LogP contribution in [0.15, 0.2) is 203 Å². The van der Waals surface area contributed by atoms with Gasteiger partial charge in [-0.05, 0) is 240 Å². The van der Waals surface area contributed by atoms with E-state index in [9.17, 15) is 49.2 Å². The van der Waals surface area contributed by atoms with Crippen LogP contribution in [0.2, 0.25) is 0 Å². The molecule has 0 bridgehead atoms. The molecule has 0 fully saturated rings. The summed E-state index contributed by atoms with van der Waals surface area (Å²) in [5, 5.41) is 27.6. The number of aryl methyl sites for hydroxylation is 1. The Balaban J connectivity index is 0.000000325. The van der Waals surface area contributed by atoms with E-state index in [4.69, 9.17) is 43.6 Å². The van der Waals surface area contributed by atoms with Crippen molar-refractivity contribution >= 4 is 211 Å². The van der Waals surface area contributed by atoms with Crippen molar-refractivity contribution in [2.75, 3.05) is 33.2 Å². The van der Waals surface area contributed by atoms with Crippen LogP contribution in [0, 0.1) is 6.92 Å². The van der Waals surface area contributed by atoms with Gasteiger partial charge in [-0.25, -0.2) is 64.2 Å². The summed E-state index contributed by atoms with van der Waals surface area (Å²) < 4.78 is 98.0. The minimum Gasteiger partial charge on any atom is -0.463 e. The molecular weight excluding hydrogens is 1930 g/mol. The highest BCUT2D eigenvalue weighted by molar-refractivity contribution is 9.12. The van der Waals surface area contributed by atoms with Crippen LogP contribution < -0.4 is 52.8 Å². The number of nitrogens with zero attached hydrogens (tertiary/aromatic N) is 4. The SMILES string of the molecule is Brc1cnc(Br)s1.C.CC(=O)Nc1ccc(-c2cnc(-c3cccc(CC(=O)OC(C)C)c3)s2)c(S(=O)(=O)NC(C)(C)C)c1.CC(=O)Nc1ccc(-c2cnc(-c3cccc(N)c3)s2)c(S(=O)(=O)NC(C)(C)C)c1.CC(=O)Nc1ccc(C)c(S(=O)(=O)NC(C)(C)C)c1.CC(C)OC(=O)Cl.Nc1cccc(-c2ncc(Br)s2)c1.Nc1cccc(B(O)O)c1. The lowest BCUT2D eigenvalue weighted by Gasteiger charge is -2.22. The fraction of sp³-hybridized carbons (Fsp3) is 0.289. The maximum Gasteiger partial charge on any atom is 0.488 e. The average molecular weight is 2030 g/mol. The Labute approximate surface area is 766 Å². The predicted molar refractivity (Wildman–Crippen MR) is 512 cm³/mol. The van der Waals surface area contributed by atoms with Crippen molar-refractivity contribution in [3.8, 4) is 52.6 Å². The number of ether oxygens (including phenoxy) is 2. The van der Waals surface area contributed by atoms with Crippen molar-refractivity contribution < 1.29 is 68.7 Å². The van der Waals surface area contributed by atoms with Crippen molar-refractivity contribution in [3.05, 3.63) is 199 Å². The molecule has 0 radical (unpaired) electrons. The third kappa shape index (κ3) is 38.7. The first kappa shape index (κ1) is 107. The number of sulfonamides is 3. The fourth-order valence-corrected chi connectivity index (χ4v) is 20.9. The van der Waals surface area contributed by atoms with E-state index < -0.39 is 59.2 Å². The topological polar surface area (TPSA) is 448 Å². The molecule has 0 aliphatic rings. The first-order valence-corrected chi connectivity index (χ1v) is 47.3. The molecule has 0 saturated heterocycles. The van der Waals surface area contributed by atoms with Crippen LogP contribution in [0.3, 0.4) is 0 Å². The molecule has 0 atom stereocenters. The van der Waals surface area contributed by atoms with Gasteiger partial charge in [0.25, 0.3) is 0 Å². The van der Waals surface area contributed by atoms with Gasteiger partial charge in [0.1, 0.15) is 15.0 Å². The average Bonchev–Trinajstić information content (AvgIpc) is 1.77. The van der Waals surface area contributed by atoms with Crippen molar-refractivity contribution in [1.29, 1.82) is 0 Å². The molecule has 4 heterocycles. The van der Waals surface area contributed by atoms with Crippen LogP contribution >= 0.6 is 105 Å². The first-order chi connectivity index (χ1) is 56.6. The van der Waals surface area contributed by atoms with Gasteiger partial charge in [-0.3, -0.25) is 19.2 Å². The van der Waals surface area contributed by atoms with Crippen LogP contribution in [0.1, 0.15) is 129 Å². The van der Waals surface area contributed by atoms with Gasteiger partial charge in [0.15, 0.2) is 3.92 Å². The number of amides is 3. The summed E-state index contributed by atoms with van der Waals surface area (Å²) in [4.78, 5) is 74.6. The zero-order valence-electron chi connectivity index (χ0n) is 69.8. The first-order valence-electron chi connectivity index (χ1n) is 36.8. The Bertz CT molecular complexity index is 5760. The van der Waals surface area contributed by atoms with Gasteiger partial charge in [0.2, 0.25) is 47.8 Å². The molecule has 11 aromatic rings. The molecule has 0 unspecified atom stereocenters.